The van der Waals surface area contributed by atoms with Gasteiger partial charge in [-0.05, 0) is 22.0 Å². The molecular formula is C8H8BrNO2. The molecule has 0 unspecified atom stereocenters. The van der Waals surface area contributed by atoms with Gasteiger partial charge in [0, 0.05) is 6.17 Å². The monoisotopic (exact) mass is 237 g/mol. The quantitative estimate of drug-likeness (QED) is 0.784. The molecule has 4 heteroatoms. The number of hydrogen-bond acceptors (Lipinski definition) is 3. The summed E-state index contributed by atoms with van der Waals surface area (Å²) in [5.74, 6) is -0.489. The van der Waals surface area contributed by atoms with E-state index in [1.54, 1.807) is 0 Å². The van der Waals surface area contributed by atoms with Crippen LogP contribution in [-0.4, -0.2) is 24.2 Å². The van der Waals surface area contributed by atoms with Gasteiger partial charge in [0.1, 0.15) is 6.08 Å². The maximum Gasteiger partial charge on any atom is 0.152 e. The van der Waals surface area contributed by atoms with Crippen LogP contribution in [0.15, 0.2) is 22.9 Å². The van der Waals surface area contributed by atoms with Gasteiger partial charge in [0.2, 0.25) is 0 Å². The number of aromatic nitrogens is 1. The fourth-order valence-electron chi connectivity index (χ4n) is 0.566. The molecule has 0 radical (unpaired) electrons. The van der Waals surface area contributed by atoms with Crippen molar-refractivity contribution >= 4 is 15.9 Å². The highest BCUT2D eigenvalue weighted by Gasteiger charge is 2.20. The van der Waals surface area contributed by atoms with Crippen LogP contribution in [0.25, 0.3) is 0 Å². The maximum absolute atomic E-state index is 7.78. The van der Waals surface area contributed by atoms with Crippen LogP contribution >= 0.6 is 15.9 Å². The molecule has 0 atom stereocenters. The number of halogens is 1. The highest BCUT2D eigenvalue weighted by Crippen LogP contribution is 2.24. The molecule has 1 saturated heterocycles. The summed E-state index contributed by atoms with van der Waals surface area (Å²) in [6.07, 6.45) is -3.86. The van der Waals surface area contributed by atoms with Gasteiger partial charge in [0.25, 0.3) is 0 Å². The summed E-state index contributed by atoms with van der Waals surface area (Å²) in [6, 6.07) is -0.416. The zero-order valence-corrected chi connectivity index (χ0v) is 7.23. The van der Waals surface area contributed by atoms with Crippen molar-refractivity contribution < 1.29 is 20.4 Å². The van der Waals surface area contributed by atoms with Gasteiger partial charge in [-0.3, -0.25) is 4.98 Å². The van der Waals surface area contributed by atoms with E-state index in [0.29, 0.717) is 0 Å². The van der Waals surface area contributed by atoms with Crippen molar-refractivity contribution in [2.24, 2.45) is 0 Å². The summed E-state index contributed by atoms with van der Waals surface area (Å²) in [5, 5.41) is 0. The van der Waals surface area contributed by atoms with Crippen LogP contribution in [-0.2, 0) is 4.74 Å². The molecule has 1 aromatic rings. The molecular weight excluding hydrogens is 222 g/mol. The summed E-state index contributed by atoms with van der Waals surface area (Å²) in [4.78, 5) is 3.39. The van der Waals surface area contributed by atoms with E-state index in [1.807, 2.05) is 0 Å². The van der Waals surface area contributed by atoms with Gasteiger partial charge in [0.05, 0.1) is 34.7 Å². The third-order valence-corrected chi connectivity index (χ3v) is 1.63. The molecule has 2 heterocycles. The normalized spacial score (nSPS) is 37.8. The Labute approximate surface area is 90.1 Å². The molecule has 1 aromatic heterocycles. The van der Waals surface area contributed by atoms with Crippen LogP contribution < -0.4 is 4.74 Å². The number of ether oxygens (including phenoxy) is 2. The largest absolute Gasteiger partial charge is 0.483 e. The van der Waals surface area contributed by atoms with Gasteiger partial charge in [-0.25, -0.2) is 0 Å². The summed E-state index contributed by atoms with van der Waals surface area (Å²) in [7, 11) is 0. The molecule has 1 fully saturated rings. The molecule has 1 aliphatic heterocycles. The van der Waals surface area contributed by atoms with Crippen molar-refractivity contribution in [3.05, 3.63) is 22.9 Å². The average molecular weight is 238 g/mol. The second-order valence-corrected chi connectivity index (χ2v) is 2.63. The van der Waals surface area contributed by atoms with Crippen LogP contribution in [0, 0.1) is 0 Å². The number of nitrogens with zero attached hydrogens (tertiary/aromatic N) is 1. The SMILES string of the molecule is [2H]c1nc([2H])c(OC2([2H])C([2H])([2H])OC2([2H])[2H])c(Br)c1[2H]. The lowest BCUT2D eigenvalue weighted by Crippen LogP contribution is -2.38. The zero-order chi connectivity index (χ0) is 15.5. The number of rotatable bonds is 2. The highest BCUT2D eigenvalue weighted by molar-refractivity contribution is 9.10. The van der Waals surface area contributed by atoms with E-state index < -0.39 is 43.3 Å². The molecule has 12 heavy (non-hydrogen) atoms. The summed E-state index contributed by atoms with van der Waals surface area (Å²) in [6.45, 7) is -5.46. The lowest BCUT2D eigenvalue weighted by Gasteiger charge is -2.26. The smallest absolute Gasteiger partial charge is 0.152 e. The van der Waals surface area contributed by atoms with Crippen LogP contribution in [0.2, 0.25) is 0 Å². The van der Waals surface area contributed by atoms with E-state index in [4.69, 9.17) is 15.7 Å². The van der Waals surface area contributed by atoms with Crippen molar-refractivity contribution in [2.75, 3.05) is 13.1 Å². The standard InChI is InChI=1S/C8H8BrNO2/c9-7-1-2-10-3-8(7)12-6-4-11-5-6/h1-3,6H,4-5H2/i1D,2D,3D,4D2,5D2,6D. The average Bonchev–Trinajstić information content (AvgIpc) is 2.30. The van der Waals surface area contributed by atoms with Crippen molar-refractivity contribution in [2.45, 2.75) is 6.08 Å². The first kappa shape index (κ1) is 2.96. The van der Waals surface area contributed by atoms with Crippen molar-refractivity contribution in [1.82, 2.24) is 4.98 Å². The van der Waals surface area contributed by atoms with Gasteiger partial charge in [-0.15, -0.1) is 0 Å². The molecule has 64 valence electrons. The lowest BCUT2D eigenvalue weighted by atomic mass is 10.3. The topological polar surface area (TPSA) is 31.4 Å². The van der Waals surface area contributed by atoms with Gasteiger partial charge in [-0.1, -0.05) is 0 Å². The highest BCUT2D eigenvalue weighted by atomic mass is 79.9. The summed E-state index contributed by atoms with van der Waals surface area (Å²) < 4.78 is 68.8. The number of pyridine rings is 1. The Hall–Kier alpha value is -0.610. The minimum absolute atomic E-state index is 0.173. The molecule has 1 aliphatic rings. The molecule has 0 amide bonds. The molecule has 2 rings (SSSR count). The van der Waals surface area contributed by atoms with E-state index in [1.165, 1.54) is 0 Å². The molecule has 0 N–H and O–H groups in total. The third kappa shape index (κ3) is 1.59. The van der Waals surface area contributed by atoms with E-state index in [2.05, 4.69) is 25.7 Å². The Morgan fingerprint density at radius 1 is 1.92 bits per heavy atom. The van der Waals surface area contributed by atoms with Gasteiger partial charge < -0.3 is 9.47 Å². The first-order valence-corrected chi connectivity index (χ1v) is 3.75. The van der Waals surface area contributed by atoms with Crippen molar-refractivity contribution in [3.8, 4) is 5.75 Å². The first-order chi connectivity index (χ1) is 8.93. The lowest BCUT2D eigenvalue weighted by molar-refractivity contribution is -0.0800. The van der Waals surface area contributed by atoms with Gasteiger partial charge in [-0.2, -0.15) is 0 Å². The van der Waals surface area contributed by atoms with Gasteiger partial charge >= 0.3 is 0 Å². The van der Waals surface area contributed by atoms with E-state index in [-0.39, 0.29) is 4.47 Å². The number of hydrogen-bond donors (Lipinski definition) is 0. The Bertz CT molecular complexity index is 566. The molecule has 0 spiro atoms. The predicted octanol–water partition coefficient (Wildman–Crippen LogP) is 1.62. The van der Waals surface area contributed by atoms with Gasteiger partial charge in [0.15, 0.2) is 5.75 Å². The van der Waals surface area contributed by atoms with Crippen molar-refractivity contribution in [1.29, 1.82) is 0 Å². The summed E-state index contributed by atoms with van der Waals surface area (Å²) >= 11 is 2.90. The molecule has 0 aliphatic carbocycles. The van der Waals surface area contributed by atoms with E-state index in [0.717, 1.165) is 0 Å². The second-order valence-electron chi connectivity index (χ2n) is 1.84. The van der Waals surface area contributed by atoms with Crippen LogP contribution in [0.5, 0.6) is 5.75 Å². The third-order valence-electron chi connectivity index (χ3n) is 1.07. The first-order valence-electron chi connectivity index (χ1n) is 6.95. The minimum Gasteiger partial charge on any atom is -0.483 e. The van der Waals surface area contributed by atoms with E-state index in [9.17, 15) is 0 Å². The summed E-state index contributed by atoms with van der Waals surface area (Å²) in [5.41, 5.74) is 0. The van der Waals surface area contributed by atoms with Crippen LogP contribution in [0.1, 0.15) is 11.0 Å². The molecule has 3 nitrogen and oxygen atoms in total. The molecule has 0 saturated carbocycles. The zero-order valence-electron chi connectivity index (χ0n) is 13.6. The Balaban J connectivity index is 2.48. The fourth-order valence-corrected chi connectivity index (χ4v) is 0.824. The Morgan fingerprint density at radius 3 is 3.50 bits per heavy atom. The van der Waals surface area contributed by atoms with Crippen LogP contribution in [0.4, 0.5) is 0 Å². The Kier molecular flexibility index (Phi) is 0.840. The minimum atomic E-state index is -2.75. The molecule has 0 bridgehead atoms. The Morgan fingerprint density at radius 2 is 2.75 bits per heavy atom. The molecule has 0 aromatic carbocycles. The second kappa shape index (κ2) is 3.41. The fraction of sp³-hybridized carbons (Fsp3) is 0.375. The van der Waals surface area contributed by atoms with Crippen LogP contribution in [0.3, 0.4) is 0 Å². The maximum atomic E-state index is 7.78. The van der Waals surface area contributed by atoms with E-state index >= 15 is 0 Å². The van der Waals surface area contributed by atoms with Crippen molar-refractivity contribution in [3.63, 3.8) is 0 Å². The predicted molar refractivity (Wildman–Crippen MR) is 47.2 cm³/mol.